The molecule has 0 fully saturated rings. The molecule has 4 heterocycles. The Morgan fingerprint density at radius 3 is 0.595 bits per heavy atom. The zero-order chi connectivity index (χ0) is 75.8. The first kappa shape index (κ1) is 64.3. The van der Waals surface area contributed by atoms with Crippen LogP contribution in [-0.2, 0) is 0 Å². The third-order valence-corrected chi connectivity index (χ3v) is 24.8. The van der Waals surface area contributed by atoms with Gasteiger partial charge in [-0.15, -0.1) is 0 Å². The molecule has 26 rings (SSSR count). The summed E-state index contributed by atoms with van der Waals surface area (Å²) in [6.07, 6.45) is 0. The molecule has 4 aromatic heterocycles. The van der Waals surface area contributed by atoms with Gasteiger partial charge in [-0.25, -0.2) is 0 Å². The van der Waals surface area contributed by atoms with E-state index < -0.39 is 0 Å². The molecular formula is C112H64O4. The number of rotatable bonds is 6. The molecule has 0 spiro atoms. The highest BCUT2D eigenvalue weighted by Crippen LogP contribution is 2.54. The quantitative estimate of drug-likeness (QED) is 0.156. The van der Waals surface area contributed by atoms with Gasteiger partial charge in [-0.2, -0.15) is 0 Å². The second-order valence-corrected chi connectivity index (χ2v) is 30.9. The summed E-state index contributed by atoms with van der Waals surface area (Å²) in [5.41, 5.74) is 21.5. The zero-order valence-corrected chi connectivity index (χ0v) is 62.6. The minimum atomic E-state index is 0.896. The first-order valence-corrected chi connectivity index (χ1v) is 39.8. The summed E-state index contributed by atoms with van der Waals surface area (Å²) >= 11 is 0. The van der Waals surface area contributed by atoms with Crippen LogP contribution in [0, 0.1) is 0 Å². The van der Waals surface area contributed by atoms with Gasteiger partial charge in [0.25, 0.3) is 0 Å². The maximum Gasteiger partial charge on any atom is 0.143 e. The molecule has 0 bridgehead atoms. The van der Waals surface area contributed by atoms with Gasteiger partial charge in [0.2, 0.25) is 0 Å². The van der Waals surface area contributed by atoms with Gasteiger partial charge in [0.05, 0.1) is 0 Å². The SMILES string of the molecule is c1ccc2c(-c3c4cccc(-c5cc6ccccc6c6oc7ccccc7c56)c4cc4c(-c5cc6ccccc6c6oc7ccccc7c56)cccc34)cccc2c1.c1ccc2c(-c3c4cccc(-c5cc6ccccc6c6oc7ccccc7c56)c4cc4c(-c5cc6ccccc6c6oc7ccccc7c56)cccc34)cccc2c1. The lowest BCUT2D eigenvalue weighted by Gasteiger charge is -2.19. The number of hydrogen-bond donors (Lipinski definition) is 0. The Morgan fingerprint density at radius 2 is 0.319 bits per heavy atom. The zero-order valence-electron chi connectivity index (χ0n) is 62.6. The van der Waals surface area contributed by atoms with Gasteiger partial charge in [0.1, 0.15) is 44.7 Å². The molecule has 0 saturated heterocycles. The lowest BCUT2D eigenvalue weighted by atomic mass is 9.83. The van der Waals surface area contributed by atoms with Gasteiger partial charge in [-0.05, 0) is 214 Å². The highest BCUT2D eigenvalue weighted by molar-refractivity contribution is 6.32. The Kier molecular flexibility index (Phi) is 13.9. The van der Waals surface area contributed by atoms with E-state index in [0.717, 1.165) is 131 Å². The molecule has 0 amide bonds. The van der Waals surface area contributed by atoms with Crippen molar-refractivity contribution in [2.24, 2.45) is 0 Å². The van der Waals surface area contributed by atoms with E-state index in [2.05, 4.69) is 388 Å². The summed E-state index contributed by atoms with van der Waals surface area (Å²) in [5.74, 6) is 0. The molecule has 536 valence electrons. The van der Waals surface area contributed by atoms with E-state index in [1.165, 1.54) is 131 Å². The molecule has 0 atom stereocenters. The third-order valence-electron chi connectivity index (χ3n) is 24.8. The Morgan fingerprint density at radius 1 is 0.121 bits per heavy atom. The van der Waals surface area contributed by atoms with Crippen molar-refractivity contribution in [3.05, 3.63) is 388 Å². The predicted octanol–water partition coefficient (Wildman–Crippen LogP) is 32.5. The van der Waals surface area contributed by atoms with Crippen LogP contribution in [0.4, 0.5) is 0 Å². The van der Waals surface area contributed by atoms with Gasteiger partial charge >= 0.3 is 0 Å². The van der Waals surface area contributed by atoms with Crippen LogP contribution in [0.5, 0.6) is 0 Å². The molecule has 0 radical (unpaired) electrons. The summed E-state index contributed by atoms with van der Waals surface area (Å²) in [6.45, 7) is 0. The molecule has 0 saturated carbocycles. The topological polar surface area (TPSA) is 52.6 Å². The van der Waals surface area contributed by atoms with Gasteiger partial charge in [-0.3, -0.25) is 0 Å². The summed E-state index contributed by atoms with van der Waals surface area (Å²) in [6, 6.07) is 141. The number of fused-ring (bicyclic) bond motifs is 26. The van der Waals surface area contributed by atoms with E-state index in [1.54, 1.807) is 0 Å². The van der Waals surface area contributed by atoms with E-state index in [-0.39, 0.29) is 0 Å². The first-order valence-electron chi connectivity index (χ1n) is 39.8. The summed E-state index contributed by atoms with van der Waals surface area (Å²) in [5, 5.41) is 32.7. The molecule has 22 aromatic carbocycles. The van der Waals surface area contributed by atoms with Crippen LogP contribution in [0.3, 0.4) is 0 Å². The Balaban J connectivity index is 0.000000130. The third kappa shape index (κ3) is 9.50. The van der Waals surface area contributed by atoms with Crippen molar-refractivity contribution in [2.75, 3.05) is 0 Å². The van der Waals surface area contributed by atoms with Gasteiger partial charge in [0.15, 0.2) is 0 Å². The average molecular weight is 1470 g/mol. The molecule has 0 aliphatic heterocycles. The fourth-order valence-electron chi connectivity index (χ4n) is 19.8. The first-order chi connectivity index (χ1) is 57.6. The fraction of sp³-hybridized carbons (Fsp3) is 0. The van der Waals surface area contributed by atoms with Gasteiger partial charge < -0.3 is 17.7 Å². The largest absolute Gasteiger partial charge is 0.455 e. The number of furan rings is 4. The fourth-order valence-corrected chi connectivity index (χ4v) is 19.8. The Labute approximate surface area is 663 Å². The van der Waals surface area contributed by atoms with Crippen molar-refractivity contribution < 1.29 is 17.7 Å². The minimum Gasteiger partial charge on any atom is -0.455 e. The highest BCUT2D eigenvalue weighted by Gasteiger charge is 2.27. The Bertz CT molecular complexity index is 7800. The number of para-hydroxylation sites is 4. The minimum absolute atomic E-state index is 0.896. The van der Waals surface area contributed by atoms with Crippen LogP contribution in [0.1, 0.15) is 0 Å². The number of hydrogen-bond acceptors (Lipinski definition) is 4. The van der Waals surface area contributed by atoms with E-state index in [1.807, 2.05) is 0 Å². The normalized spacial score (nSPS) is 12.1. The van der Waals surface area contributed by atoms with Crippen molar-refractivity contribution in [2.45, 2.75) is 0 Å². The summed E-state index contributed by atoms with van der Waals surface area (Å²) < 4.78 is 26.9. The molecule has 116 heavy (non-hydrogen) atoms. The average Bonchev–Trinajstić information content (AvgIpc) is 1.44. The predicted molar refractivity (Wildman–Crippen MR) is 490 cm³/mol. The van der Waals surface area contributed by atoms with E-state index in [4.69, 9.17) is 17.7 Å². The van der Waals surface area contributed by atoms with Crippen LogP contribution in [0.25, 0.3) is 262 Å². The monoisotopic (exact) mass is 1470 g/mol. The van der Waals surface area contributed by atoms with Crippen LogP contribution in [0.2, 0.25) is 0 Å². The van der Waals surface area contributed by atoms with Gasteiger partial charge in [-0.1, -0.05) is 328 Å². The van der Waals surface area contributed by atoms with Crippen molar-refractivity contribution in [1.29, 1.82) is 0 Å². The second kappa shape index (κ2) is 25.1. The van der Waals surface area contributed by atoms with E-state index >= 15 is 0 Å². The lowest BCUT2D eigenvalue weighted by molar-refractivity contribution is 0.672. The molecule has 0 aliphatic carbocycles. The lowest BCUT2D eigenvalue weighted by Crippen LogP contribution is -1.92. The molecule has 0 aliphatic rings. The van der Waals surface area contributed by atoms with Crippen molar-refractivity contribution in [3.8, 4) is 66.8 Å². The molecule has 4 nitrogen and oxygen atoms in total. The van der Waals surface area contributed by atoms with Crippen LogP contribution < -0.4 is 0 Å². The highest BCUT2D eigenvalue weighted by atomic mass is 16.3. The van der Waals surface area contributed by atoms with E-state index in [9.17, 15) is 0 Å². The van der Waals surface area contributed by atoms with Gasteiger partial charge in [0, 0.05) is 64.6 Å². The molecule has 4 heteroatoms. The van der Waals surface area contributed by atoms with E-state index in [0.29, 0.717) is 0 Å². The smallest absolute Gasteiger partial charge is 0.143 e. The number of benzene rings is 22. The summed E-state index contributed by atoms with van der Waals surface area (Å²) in [7, 11) is 0. The molecule has 26 aromatic rings. The Hall–Kier alpha value is -15.4. The van der Waals surface area contributed by atoms with Crippen LogP contribution in [0.15, 0.2) is 406 Å². The molecular weight excluding hydrogens is 1410 g/mol. The standard InChI is InChI=1S/2C56H32O2/c2*1-4-18-36-33(14-1)17-11-25-41(36)52-42-26-12-23-39(48-30-34-15-2-5-19-37(34)55-53(48)44-21-7-9-28-50(44)57-55)46(42)32-47-40(24-13-27-43(47)52)49-31-35-16-3-6-20-38(35)56-54(49)45-22-8-10-29-51(45)58-56/h2*1-32H. The second-order valence-electron chi connectivity index (χ2n) is 30.9. The molecule has 0 unspecified atom stereocenters. The maximum atomic E-state index is 6.72. The van der Waals surface area contributed by atoms with Crippen LogP contribution >= 0.6 is 0 Å². The van der Waals surface area contributed by atoms with Crippen molar-refractivity contribution in [1.82, 2.24) is 0 Å². The van der Waals surface area contributed by atoms with Crippen molar-refractivity contribution in [3.63, 3.8) is 0 Å². The summed E-state index contributed by atoms with van der Waals surface area (Å²) in [4.78, 5) is 0. The van der Waals surface area contributed by atoms with Crippen LogP contribution in [-0.4, -0.2) is 0 Å². The maximum absolute atomic E-state index is 6.72. The molecule has 0 N–H and O–H groups in total. The van der Waals surface area contributed by atoms with Crippen molar-refractivity contribution >= 4 is 195 Å².